The van der Waals surface area contributed by atoms with Gasteiger partial charge in [-0.05, 0) is 6.07 Å². The van der Waals surface area contributed by atoms with E-state index in [1.165, 1.54) is 24.7 Å². The van der Waals surface area contributed by atoms with E-state index in [1.807, 2.05) is 0 Å². The number of carbonyl (C=O) groups excluding carboxylic acids is 1. The number of hydrogen-bond acceptors (Lipinski definition) is 5. The molecule has 3 rings (SSSR count). The van der Waals surface area contributed by atoms with Crippen LogP contribution in [0.1, 0.15) is 16.1 Å². The second-order valence-electron chi connectivity index (χ2n) is 4.14. The van der Waals surface area contributed by atoms with Crippen molar-refractivity contribution in [1.82, 2.24) is 14.1 Å². The Hall–Kier alpha value is -2.44. The van der Waals surface area contributed by atoms with Crippen LogP contribution in [0.5, 0.6) is 0 Å². The van der Waals surface area contributed by atoms with Crippen molar-refractivity contribution < 1.29 is 9.53 Å². The van der Waals surface area contributed by atoms with Gasteiger partial charge in [0.2, 0.25) is 0 Å². The summed E-state index contributed by atoms with van der Waals surface area (Å²) in [5.41, 5.74) is 0.0856. The first kappa shape index (κ1) is 10.7. The van der Waals surface area contributed by atoms with Crippen LogP contribution in [0, 0.1) is 0 Å². The Morgan fingerprint density at radius 1 is 1.22 bits per heavy atom. The molecule has 0 spiro atoms. The van der Waals surface area contributed by atoms with Gasteiger partial charge >= 0.3 is 11.7 Å². The second kappa shape index (κ2) is 3.28. The molecule has 1 aliphatic heterocycles. The fraction of sp³-hybridized carbons (Fsp3) is 0.273. The third-order valence-electron chi connectivity index (χ3n) is 3.07. The van der Waals surface area contributed by atoms with Crippen molar-refractivity contribution in [3.05, 3.63) is 38.2 Å². The molecule has 2 aromatic heterocycles. The summed E-state index contributed by atoms with van der Waals surface area (Å²) in [7, 11) is 2.91. The lowest BCUT2D eigenvalue weighted by Gasteiger charge is -2.06. The first-order chi connectivity index (χ1) is 8.50. The van der Waals surface area contributed by atoms with Crippen LogP contribution in [0.3, 0.4) is 0 Å². The van der Waals surface area contributed by atoms with Gasteiger partial charge in [-0.15, -0.1) is 0 Å². The monoisotopic (exact) mass is 247 g/mol. The van der Waals surface area contributed by atoms with E-state index in [0.29, 0.717) is 11.3 Å². The summed E-state index contributed by atoms with van der Waals surface area (Å²) >= 11 is 0. The largest absolute Gasteiger partial charge is 0.455 e. The predicted octanol–water partition coefficient (Wildman–Crippen LogP) is -0.697. The van der Waals surface area contributed by atoms with Crippen LogP contribution in [-0.2, 0) is 25.4 Å². The molecule has 0 N–H and O–H groups in total. The number of esters is 1. The minimum Gasteiger partial charge on any atom is -0.455 e. The fourth-order valence-electron chi connectivity index (χ4n) is 2.04. The van der Waals surface area contributed by atoms with Crippen molar-refractivity contribution in [2.75, 3.05) is 0 Å². The molecule has 0 atom stereocenters. The zero-order valence-corrected chi connectivity index (χ0v) is 9.76. The van der Waals surface area contributed by atoms with Crippen LogP contribution in [-0.4, -0.2) is 20.1 Å². The summed E-state index contributed by atoms with van der Waals surface area (Å²) in [6, 6.07) is 1.44. The molecule has 0 bridgehead atoms. The second-order valence-corrected chi connectivity index (χ2v) is 4.14. The lowest BCUT2D eigenvalue weighted by molar-refractivity contribution is 0.0533. The lowest BCUT2D eigenvalue weighted by atomic mass is 10.2. The Kier molecular flexibility index (Phi) is 1.95. The van der Waals surface area contributed by atoms with Gasteiger partial charge in [-0.2, -0.15) is 0 Å². The Morgan fingerprint density at radius 2 is 1.94 bits per heavy atom. The normalized spacial score (nSPS) is 13.8. The van der Waals surface area contributed by atoms with Crippen LogP contribution in [0.15, 0.2) is 15.7 Å². The van der Waals surface area contributed by atoms with Gasteiger partial charge < -0.3 is 4.74 Å². The van der Waals surface area contributed by atoms with E-state index in [0.717, 1.165) is 4.57 Å². The first-order valence-electron chi connectivity index (χ1n) is 5.27. The minimum absolute atomic E-state index is 0.0769. The van der Waals surface area contributed by atoms with Crippen LogP contribution in [0.25, 0.3) is 11.0 Å². The highest BCUT2D eigenvalue weighted by atomic mass is 16.5. The summed E-state index contributed by atoms with van der Waals surface area (Å²) in [4.78, 5) is 39.3. The van der Waals surface area contributed by atoms with Crippen LogP contribution >= 0.6 is 0 Å². The zero-order chi connectivity index (χ0) is 13.0. The molecule has 3 heterocycles. The van der Waals surface area contributed by atoms with E-state index in [9.17, 15) is 14.4 Å². The molecule has 0 amide bonds. The molecule has 0 aromatic carbocycles. The summed E-state index contributed by atoms with van der Waals surface area (Å²) in [5, 5.41) is 0.234. The molecular formula is C11H9N3O4. The van der Waals surface area contributed by atoms with Crippen molar-refractivity contribution in [2.45, 2.75) is 6.61 Å². The molecule has 92 valence electrons. The van der Waals surface area contributed by atoms with Gasteiger partial charge in [-0.1, -0.05) is 0 Å². The van der Waals surface area contributed by atoms with E-state index < -0.39 is 17.2 Å². The number of pyridine rings is 1. The number of rotatable bonds is 0. The molecule has 2 aromatic rings. The Balaban J connectivity index is 2.56. The maximum absolute atomic E-state index is 12.0. The number of cyclic esters (lactones) is 1. The molecule has 1 aliphatic rings. The molecule has 0 unspecified atom stereocenters. The van der Waals surface area contributed by atoms with Crippen molar-refractivity contribution >= 4 is 17.0 Å². The van der Waals surface area contributed by atoms with E-state index in [-0.39, 0.29) is 17.6 Å². The predicted molar refractivity (Wildman–Crippen MR) is 61.3 cm³/mol. The highest BCUT2D eigenvalue weighted by Crippen LogP contribution is 2.20. The summed E-state index contributed by atoms with van der Waals surface area (Å²) in [5.74, 6) is -0.490. The number of ether oxygens (including phenoxy) is 1. The topological polar surface area (TPSA) is 83.2 Å². The van der Waals surface area contributed by atoms with Crippen LogP contribution in [0.4, 0.5) is 0 Å². The highest BCUT2D eigenvalue weighted by molar-refractivity contribution is 5.96. The molecule has 7 heteroatoms. The maximum atomic E-state index is 12.0. The third-order valence-corrected chi connectivity index (χ3v) is 3.07. The van der Waals surface area contributed by atoms with Crippen molar-refractivity contribution in [3.63, 3.8) is 0 Å². The average Bonchev–Trinajstić information content (AvgIpc) is 2.73. The third kappa shape index (κ3) is 1.18. The molecule has 18 heavy (non-hydrogen) atoms. The van der Waals surface area contributed by atoms with Crippen LogP contribution in [0.2, 0.25) is 0 Å². The smallest absolute Gasteiger partial charge is 0.340 e. The van der Waals surface area contributed by atoms with Gasteiger partial charge in [0.25, 0.3) is 5.56 Å². The minimum atomic E-state index is -0.490. The van der Waals surface area contributed by atoms with Gasteiger partial charge in [0.15, 0.2) is 0 Å². The van der Waals surface area contributed by atoms with E-state index in [2.05, 4.69) is 4.98 Å². The number of aryl methyl sites for hydroxylation is 1. The Morgan fingerprint density at radius 3 is 2.67 bits per heavy atom. The molecule has 0 saturated carbocycles. The fourth-order valence-corrected chi connectivity index (χ4v) is 2.04. The molecule has 0 radical (unpaired) electrons. The summed E-state index contributed by atoms with van der Waals surface area (Å²) < 4.78 is 7.10. The van der Waals surface area contributed by atoms with Gasteiger partial charge in [0, 0.05) is 14.1 Å². The van der Waals surface area contributed by atoms with Gasteiger partial charge in [-0.25, -0.2) is 14.6 Å². The molecule has 7 nitrogen and oxygen atoms in total. The summed E-state index contributed by atoms with van der Waals surface area (Å²) in [6.07, 6.45) is 0. The number of hydrogen-bond donors (Lipinski definition) is 0. The molecule has 0 aliphatic carbocycles. The Bertz CT molecular complexity index is 816. The van der Waals surface area contributed by atoms with E-state index in [1.54, 1.807) is 0 Å². The Labute approximate surface area is 100 Å². The van der Waals surface area contributed by atoms with E-state index >= 15 is 0 Å². The van der Waals surface area contributed by atoms with Crippen molar-refractivity contribution in [3.8, 4) is 0 Å². The molecule has 0 saturated heterocycles. The first-order valence-corrected chi connectivity index (χ1v) is 5.27. The van der Waals surface area contributed by atoms with Crippen LogP contribution < -0.4 is 11.2 Å². The van der Waals surface area contributed by atoms with Crippen molar-refractivity contribution in [2.24, 2.45) is 14.1 Å². The number of aromatic nitrogens is 3. The summed E-state index contributed by atoms with van der Waals surface area (Å²) in [6.45, 7) is 0.0769. The maximum Gasteiger partial charge on any atom is 0.340 e. The van der Waals surface area contributed by atoms with Gasteiger partial charge in [-0.3, -0.25) is 13.9 Å². The average molecular weight is 247 g/mol. The number of carbonyl (C=O) groups is 1. The van der Waals surface area contributed by atoms with Crippen molar-refractivity contribution in [1.29, 1.82) is 0 Å². The number of fused-ring (bicyclic) bond motifs is 2. The van der Waals surface area contributed by atoms with Gasteiger partial charge in [0.05, 0.1) is 16.6 Å². The molecule has 0 fully saturated rings. The molecular weight excluding hydrogens is 238 g/mol. The highest BCUT2D eigenvalue weighted by Gasteiger charge is 2.25. The quantitative estimate of drug-likeness (QED) is 0.575. The van der Waals surface area contributed by atoms with Gasteiger partial charge in [0.1, 0.15) is 12.3 Å². The SMILES string of the molecule is Cn1c(=O)c2cc3c(nc2n(C)c1=O)COC3=O. The zero-order valence-electron chi connectivity index (χ0n) is 9.76. The number of nitrogens with zero attached hydrogens (tertiary/aromatic N) is 3. The standard InChI is InChI=1S/C11H9N3O4/c1-13-8-6(9(15)14(2)11(13)17)3-5-7(12-8)4-18-10(5)16/h3H,4H2,1-2H3. The lowest BCUT2D eigenvalue weighted by Crippen LogP contribution is -2.37. The van der Waals surface area contributed by atoms with E-state index in [4.69, 9.17) is 4.74 Å².